The van der Waals surface area contributed by atoms with Crippen LogP contribution in [0.2, 0.25) is 0 Å². The highest BCUT2D eigenvalue weighted by Crippen LogP contribution is 2.49. The summed E-state index contributed by atoms with van der Waals surface area (Å²) < 4.78 is 5.69. The molecule has 4 nitrogen and oxygen atoms in total. The largest absolute Gasteiger partial charge is 0.508 e. The second kappa shape index (κ2) is 3.74. The van der Waals surface area contributed by atoms with Gasteiger partial charge in [0.15, 0.2) is 0 Å². The fraction of sp³-hybridized carbons (Fsp3) is 0.462. The summed E-state index contributed by atoms with van der Waals surface area (Å²) in [4.78, 5) is 11.3. The number of aliphatic carboxylic acids is 1. The zero-order chi connectivity index (χ0) is 12.0. The van der Waals surface area contributed by atoms with Gasteiger partial charge < -0.3 is 14.9 Å². The number of hydrogen-bond donors (Lipinski definition) is 2. The maximum atomic E-state index is 11.3. The van der Waals surface area contributed by atoms with Crippen LogP contribution in [0, 0.1) is 5.92 Å². The maximum Gasteiger partial charge on any atom is 0.309 e. The predicted octanol–water partition coefficient (Wildman–Crippen LogP) is 1.74. The van der Waals surface area contributed by atoms with Gasteiger partial charge in [-0.1, -0.05) is 12.1 Å². The third kappa shape index (κ3) is 1.60. The highest BCUT2D eigenvalue weighted by molar-refractivity contribution is 5.73. The number of carboxylic acids is 1. The molecule has 2 heterocycles. The Bertz CT molecular complexity index is 456. The lowest BCUT2D eigenvalue weighted by Crippen LogP contribution is -2.31. The Balaban J connectivity index is 1.98. The summed E-state index contributed by atoms with van der Waals surface area (Å²) in [5.74, 6) is -1.23. The molecule has 1 aromatic carbocycles. The van der Waals surface area contributed by atoms with Crippen LogP contribution in [0.4, 0.5) is 0 Å². The Morgan fingerprint density at radius 2 is 2.06 bits per heavy atom. The van der Waals surface area contributed by atoms with E-state index in [1.54, 1.807) is 18.2 Å². The fourth-order valence-corrected chi connectivity index (χ4v) is 3.15. The third-order valence-electron chi connectivity index (χ3n) is 3.81. The molecule has 4 unspecified atom stereocenters. The second-order valence-electron chi connectivity index (χ2n) is 4.78. The molecule has 0 aromatic heterocycles. The Hall–Kier alpha value is -1.55. The minimum Gasteiger partial charge on any atom is -0.508 e. The molecule has 0 spiro atoms. The van der Waals surface area contributed by atoms with Crippen molar-refractivity contribution < 1.29 is 19.7 Å². The third-order valence-corrected chi connectivity index (χ3v) is 3.81. The van der Waals surface area contributed by atoms with Gasteiger partial charge in [-0.15, -0.1) is 0 Å². The normalized spacial score (nSPS) is 35.1. The van der Waals surface area contributed by atoms with Crippen LogP contribution >= 0.6 is 0 Å². The Labute approximate surface area is 98.8 Å². The molecule has 3 rings (SSSR count). The number of phenolic OH excluding ortho intramolecular Hbond substituents is 1. The number of carbonyl (C=O) groups is 1. The van der Waals surface area contributed by atoms with Crippen molar-refractivity contribution in [2.75, 3.05) is 0 Å². The first-order valence-electron chi connectivity index (χ1n) is 5.84. The summed E-state index contributed by atoms with van der Waals surface area (Å²) in [7, 11) is 0. The number of aromatic hydroxyl groups is 1. The average molecular weight is 234 g/mol. The van der Waals surface area contributed by atoms with Gasteiger partial charge in [-0.25, -0.2) is 0 Å². The van der Waals surface area contributed by atoms with Crippen molar-refractivity contribution in [2.45, 2.75) is 31.0 Å². The van der Waals surface area contributed by atoms with Crippen molar-refractivity contribution in [1.29, 1.82) is 0 Å². The topological polar surface area (TPSA) is 66.8 Å². The molecule has 0 saturated carbocycles. The summed E-state index contributed by atoms with van der Waals surface area (Å²) in [6.45, 7) is 0. The number of benzene rings is 1. The number of hydrogen-bond acceptors (Lipinski definition) is 3. The standard InChI is InChI=1S/C13H14O4/c14-8-3-1-2-7(6-8)11-9-4-5-10(17-9)12(11)13(15)16/h1-3,6,9-12,14H,4-5H2,(H,15,16). The molecular weight excluding hydrogens is 220 g/mol. The second-order valence-corrected chi connectivity index (χ2v) is 4.78. The first-order chi connectivity index (χ1) is 8.16. The molecule has 2 bridgehead atoms. The quantitative estimate of drug-likeness (QED) is 0.818. The van der Waals surface area contributed by atoms with Crippen LogP contribution < -0.4 is 0 Å². The summed E-state index contributed by atoms with van der Waals surface area (Å²) in [5, 5.41) is 18.8. The lowest BCUT2D eigenvalue weighted by atomic mass is 9.75. The predicted molar refractivity (Wildman–Crippen MR) is 59.9 cm³/mol. The highest BCUT2D eigenvalue weighted by atomic mass is 16.5. The molecule has 4 atom stereocenters. The molecule has 90 valence electrons. The van der Waals surface area contributed by atoms with Crippen LogP contribution in [-0.2, 0) is 9.53 Å². The molecule has 0 radical (unpaired) electrons. The van der Waals surface area contributed by atoms with Crippen molar-refractivity contribution in [3.63, 3.8) is 0 Å². The van der Waals surface area contributed by atoms with E-state index in [-0.39, 0.29) is 23.9 Å². The van der Waals surface area contributed by atoms with Crippen molar-refractivity contribution in [3.05, 3.63) is 29.8 Å². The molecular formula is C13H14O4. The maximum absolute atomic E-state index is 11.3. The van der Waals surface area contributed by atoms with E-state index in [1.165, 1.54) is 0 Å². The van der Waals surface area contributed by atoms with Crippen LogP contribution in [0.5, 0.6) is 5.75 Å². The number of fused-ring (bicyclic) bond motifs is 2. The molecule has 2 aliphatic rings. The van der Waals surface area contributed by atoms with Gasteiger partial charge in [0.2, 0.25) is 0 Å². The molecule has 2 fully saturated rings. The van der Waals surface area contributed by atoms with Crippen molar-refractivity contribution in [3.8, 4) is 5.75 Å². The lowest BCUT2D eigenvalue weighted by Gasteiger charge is -2.25. The molecule has 2 N–H and O–H groups in total. The first-order valence-corrected chi connectivity index (χ1v) is 5.84. The molecule has 0 amide bonds. The summed E-state index contributed by atoms with van der Waals surface area (Å²) in [6.07, 6.45) is 1.57. The van der Waals surface area contributed by atoms with Gasteiger partial charge in [0.1, 0.15) is 5.75 Å². The lowest BCUT2D eigenvalue weighted by molar-refractivity contribution is -0.143. The summed E-state index contributed by atoms with van der Waals surface area (Å²) >= 11 is 0. The van der Waals surface area contributed by atoms with Gasteiger partial charge in [0.05, 0.1) is 18.1 Å². The van der Waals surface area contributed by atoms with E-state index in [1.807, 2.05) is 6.07 Å². The van der Waals surface area contributed by atoms with Gasteiger partial charge >= 0.3 is 5.97 Å². The molecule has 1 aromatic rings. The minimum absolute atomic E-state index is 0.0112. The van der Waals surface area contributed by atoms with Gasteiger partial charge in [-0.2, -0.15) is 0 Å². The number of rotatable bonds is 2. The minimum atomic E-state index is -0.800. The number of carboxylic acid groups (broad SMARTS) is 1. The van der Waals surface area contributed by atoms with Gasteiger partial charge in [0, 0.05) is 5.92 Å². The molecule has 0 aliphatic carbocycles. The van der Waals surface area contributed by atoms with E-state index < -0.39 is 11.9 Å². The van der Waals surface area contributed by atoms with E-state index in [0.717, 1.165) is 18.4 Å². The summed E-state index contributed by atoms with van der Waals surface area (Å²) in [5.41, 5.74) is 0.865. The zero-order valence-corrected chi connectivity index (χ0v) is 9.24. The van der Waals surface area contributed by atoms with Gasteiger partial charge in [0.25, 0.3) is 0 Å². The van der Waals surface area contributed by atoms with Gasteiger partial charge in [-0.05, 0) is 30.5 Å². The SMILES string of the molecule is O=C(O)C1C2CCC(O2)C1c1cccc(O)c1. The Morgan fingerprint density at radius 3 is 2.76 bits per heavy atom. The highest BCUT2D eigenvalue weighted by Gasteiger charge is 2.52. The van der Waals surface area contributed by atoms with E-state index in [4.69, 9.17) is 4.74 Å². The molecule has 2 saturated heterocycles. The van der Waals surface area contributed by atoms with E-state index in [2.05, 4.69) is 0 Å². The first kappa shape index (κ1) is 10.6. The van der Waals surface area contributed by atoms with Crippen LogP contribution in [0.3, 0.4) is 0 Å². The summed E-state index contributed by atoms with van der Waals surface area (Å²) in [6, 6.07) is 6.85. The Morgan fingerprint density at radius 1 is 1.29 bits per heavy atom. The van der Waals surface area contributed by atoms with Crippen molar-refractivity contribution in [2.24, 2.45) is 5.92 Å². The van der Waals surface area contributed by atoms with Crippen molar-refractivity contribution >= 4 is 5.97 Å². The van der Waals surface area contributed by atoms with E-state index in [0.29, 0.717) is 0 Å². The number of ether oxygens (including phenoxy) is 1. The van der Waals surface area contributed by atoms with Gasteiger partial charge in [-0.3, -0.25) is 4.79 Å². The molecule has 17 heavy (non-hydrogen) atoms. The van der Waals surface area contributed by atoms with E-state index >= 15 is 0 Å². The van der Waals surface area contributed by atoms with Crippen LogP contribution in [-0.4, -0.2) is 28.4 Å². The molecule has 4 heteroatoms. The van der Waals surface area contributed by atoms with Crippen LogP contribution in [0.15, 0.2) is 24.3 Å². The van der Waals surface area contributed by atoms with Crippen LogP contribution in [0.1, 0.15) is 24.3 Å². The molecule has 2 aliphatic heterocycles. The van der Waals surface area contributed by atoms with E-state index in [9.17, 15) is 15.0 Å². The van der Waals surface area contributed by atoms with Crippen molar-refractivity contribution in [1.82, 2.24) is 0 Å². The zero-order valence-electron chi connectivity index (χ0n) is 9.24. The van der Waals surface area contributed by atoms with Crippen LogP contribution in [0.25, 0.3) is 0 Å². The monoisotopic (exact) mass is 234 g/mol. The smallest absolute Gasteiger partial charge is 0.309 e. The number of phenols is 1. The average Bonchev–Trinajstić information content (AvgIpc) is 2.88. The fourth-order valence-electron chi connectivity index (χ4n) is 3.15. The Kier molecular flexibility index (Phi) is 2.33.